The third kappa shape index (κ3) is 3.66. The van der Waals surface area contributed by atoms with E-state index in [9.17, 15) is 14.0 Å². The molecule has 28 heavy (non-hydrogen) atoms. The van der Waals surface area contributed by atoms with Gasteiger partial charge in [0.05, 0.1) is 23.4 Å². The van der Waals surface area contributed by atoms with Crippen molar-refractivity contribution >= 4 is 28.4 Å². The number of carbonyl (C=O) groups is 2. The van der Waals surface area contributed by atoms with E-state index < -0.39 is 11.8 Å². The van der Waals surface area contributed by atoms with Crippen LogP contribution in [0, 0.1) is 0 Å². The first-order valence-corrected chi connectivity index (χ1v) is 8.65. The molecule has 1 aliphatic rings. The van der Waals surface area contributed by atoms with Crippen LogP contribution in [0.5, 0.6) is 0 Å². The fourth-order valence-corrected chi connectivity index (χ4v) is 2.87. The molecule has 2 amide bonds. The lowest BCUT2D eigenvalue weighted by atomic mass is 10.1. The molecular weight excluding hydrogens is 361 g/mol. The standard InChI is InChI=1S/C20H16FN5O2/c21-13-6-8-14(9-7-13)23-20(28)18-17(11-22-26-18)25-19(27)16-10-5-12-3-1-2-4-15(12)24-16/h1-8,10-11,14H,9H2,(H,22,26)(H,23,28)(H,25,27). The minimum Gasteiger partial charge on any atom is -0.344 e. The highest BCUT2D eigenvalue weighted by molar-refractivity contribution is 6.08. The molecule has 2 heterocycles. The number of H-pyrrole nitrogens is 1. The van der Waals surface area contributed by atoms with Gasteiger partial charge in [-0.1, -0.05) is 30.3 Å². The number of nitrogens with one attached hydrogen (secondary N) is 3. The fraction of sp³-hybridized carbons (Fsp3) is 0.100. The zero-order valence-corrected chi connectivity index (χ0v) is 14.6. The number of aromatic amines is 1. The Morgan fingerprint density at radius 2 is 2.00 bits per heavy atom. The van der Waals surface area contributed by atoms with E-state index in [0.717, 1.165) is 5.39 Å². The van der Waals surface area contributed by atoms with Gasteiger partial charge in [-0.25, -0.2) is 9.37 Å². The summed E-state index contributed by atoms with van der Waals surface area (Å²) >= 11 is 0. The molecule has 140 valence electrons. The van der Waals surface area contributed by atoms with Crippen molar-refractivity contribution in [2.45, 2.75) is 12.5 Å². The topological polar surface area (TPSA) is 99.8 Å². The Labute approximate surface area is 159 Å². The SMILES string of the molecule is O=C(Nc1cn[nH]c1C(=O)NC1C=CC(F)=CC1)c1ccc2ccccc2n1. The predicted octanol–water partition coefficient (Wildman–Crippen LogP) is 3.12. The largest absolute Gasteiger partial charge is 0.344 e. The molecule has 3 N–H and O–H groups in total. The predicted molar refractivity (Wildman–Crippen MR) is 102 cm³/mol. The second-order valence-electron chi connectivity index (χ2n) is 6.27. The molecule has 0 bridgehead atoms. The van der Waals surface area contributed by atoms with Gasteiger partial charge in [0.2, 0.25) is 0 Å². The zero-order chi connectivity index (χ0) is 19.5. The Kier molecular flexibility index (Phi) is 4.67. The Morgan fingerprint density at radius 3 is 2.82 bits per heavy atom. The second kappa shape index (κ2) is 7.43. The van der Waals surface area contributed by atoms with Crippen molar-refractivity contribution in [2.24, 2.45) is 0 Å². The number of anilines is 1. The number of nitrogens with zero attached hydrogens (tertiary/aromatic N) is 2. The van der Waals surface area contributed by atoms with Gasteiger partial charge in [0.15, 0.2) is 0 Å². The summed E-state index contributed by atoms with van der Waals surface area (Å²) in [5.74, 6) is -1.24. The molecule has 0 saturated carbocycles. The molecule has 7 nitrogen and oxygen atoms in total. The van der Waals surface area contributed by atoms with Crippen LogP contribution in [-0.4, -0.2) is 33.0 Å². The molecule has 1 atom stereocenters. The molecule has 0 spiro atoms. The number of rotatable bonds is 4. The number of carbonyl (C=O) groups excluding carboxylic acids is 2. The molecule has 0 saturated heterocycles. The molecule has 1 unspecified atom stereocenters. The van der Waals surface area contributed by atoms with Gasteiger partial charge in [0, 0.05) is 5.39 Å². The molecule has 8 heteroatoms. The lowest BCUT2D eigenvalue weighted by Crippen LogP contribution is -2.34. The summed E-state index contributed by atoms with van der Waals surface area (Å²) < 4.78 is 13.0. The van der Waals surface area contributed by atoms with Crippen molar-refractivity contribution in [1.29, 1.82) is 0 Å². The summed E-state index contributed by atoms with van der Waals surface area (Å²) in [4.78, 5) is 29.4. The van der Waals surface area contributed by atoms with E-state index >= 15 is 0 Å². The maximum atomic E-state index is 13.0. The summed E-state index contributed by atoms with van der Waals surface area (Å²) in [5, 5.41) is 12.7. The van der Waals surface area contributed by atoms with Crippen molar-refractivity contribution in [3.63, 3.8) is 0 Å². The molecule has 2 aromatic heterocycles. The van der Waals surface area contributed by atoms with Gasteiger partial charge < -0.3 is 10.6 Å². The number of fused-ring (bicyclic) bond motifs is 1. The van der Waals surface area contributed by atoms with Gasteiger partial charge in [-0.2, -0.15) is 5.10 Å². The quantitative estimate of drug-likeness (QED) is 0.650. The molecule has 0 aliphatic heterocycles. The van der Waals surface area contributed by atoms with Crippen LogP contribution in [0.3, 0.4) is 0 Å². The summed E-state index contributed by atoms with van der Waals surface area (Å²) in [6.45, 7) is 0. The van der Waals surface area contributed by atoms with E-state index in [1.54, 1.807) is 12.1 Å². The lowest BCUT2D eigenvalue weighted by Gasteiger charge is -2.15. The number of amides is 2. The van der Waals surface area contributed by atoms with Crippen LogP contribution in [0.25, 0.3) is 10.9 Å². The zero-order valence-electron chi connectivity index (χ0n) is 14.6. The normalized spacial score (nSPS) is 15.9. The number of benzene rings is 1. The van der Waals surface area contributed by atoms with Crippen LogP contribution < -0.4 is 10.6 Å². The minimum absolute atomic E-state index is 0.109. The molecule has 4 rings (SSSR count). The average Bonchev–Trinajstić information content (AvgIpc) is 3.17. The van der Waals surface area contributed by atoms with Crippen molar-refractivity contribution in [3.05, 3.63) is 78.0 Å². The number of halogens is 1. The molecule has 0 fully saturated rings. The van der Waals surface area contributed by atoms with Crippen LogP contribution in [0.1, 0.15) is 27.4 Å². The van der Waals surface area contributed by atoms with Crippen LogP contribution in [0.4, 0.5) is 10.1 Å². The molecule has 1 aromatic carbocycles. The van der Waals surface area contributed by atoms with Gasteiger partial charge in [-0.15, -0.1) is 0 Å². The monoisotopic (exact) mass is 377 g/mol. The first-order chi connectivity index (χ1) is 13.6. The van der Waals surface area contributed by atoms with E-state index in [4.69, 9.17) is 0 Å². The van der Waals surface area contributed by atoms with E-state index in [1.807, 2.05) is 30.3 Å². The lowest BCUT2D eigenvalue weighted by molar-refractivity contribution is 0.0940. The number of allylic oxidation sites excluding steroid dienone is 2. The van der Waals surface area contributed by atoms with Crippen LogP contribution in [-0.2, 0) is 0 Å². The summed E-state index contributed by atoms with van der Waals surface area (Å²) in [6, 6.07) is 10.6. The highest BCUT2D eigenvalue weighted by Gasteiger charge is 2.20. The van der Waals surface area contributed by atoms with E-state index in [0.29, 0.717) is 11.9 Å². The summed E-state index contributed by atoms with van der Waals surface area (Å²) in [6.07, 6.45) is 5.97. The maximum Gasteiger partial charge on any atom is 0.274 e. The Balaban J connectivity index is 1.48. The Morgan fingerprint density at radius 1 is 1.14 bits per heavy atom. The van der Waals surface area contributed by atoms with Gasteiger partial charge in [0.25, 0.3) is 11.8 Å². The Hall–Kier alpha value is -3.81. The molecule has 0 radical (unpaired) electrons. The van der Waals surface area contributed by atoms with Gasteiger partial charge in [0.1, 0.15) is 17.2 Å². The molecule has 1 aliphatic carbocycles. The van der Waals surface area contributed by atoms with E-state index in [-0.39, 0.29) is 28.9 Å². The molecular formula is C20H16FN5O2. The van der Waals surface area contributed by atoms with Crippen molar-refractivity contribution in [1.82, 2.24) is 20.5 Å². The third-order valence-electron chi connectivity index (χ3n) is 4.32. The van der Waals surface area contributed by atoms with E-state index in [2.05, 4.69) is 25.8 Å². The smallest absolute Gasteiger partial charge is 0.274 e. The number of para-hydroxylation sites is 1. The number of pyridine rings is 1. The number of aromatic nitrogens is 3. The number of hydrogen-bond acceptors (Lipinski definition) is 4. The highest BCUT2D eigenvalue weighted by atomic mass is 19.1. The van der Waals surface area contributed by atoms with Gasteiger partial charge >= 0.3 is 0 Å². The first-order valence-electron chi connectivity index (χ1n) is 8.65. The average molecular weight is 377 g/mol. The summed E-state index contributed by atoms with van der Waals surface area (Å²) in [7, 11) is 0. The van der Waals surface area contributed by atoms with Crippen molar-refractivity contribution in [3.8, 4) is 0 Å². The molecule has 3 aromatic rings. The van der Waals surface area contributed by atoms with Gasteiger partial charge in [-0.3, -0.25) is 14.7 Å². The number of hydrogen-bond donors (Lipinski definition) is 3. The van der Waals surface area contributed by atoms with Crippen LogP contribution in [0.2, 0.25) is 0 Å². The fourth-order valence-electron chi connectivity index (χ4n) is 2.87. The summed E-state index contributed by atoms with van der Waals surface area (Å²) in [5.41, 5.74) is 1.27. The maximum absolute atomic E-state index is 13.0. The first kappa shape index (κ1) is 17.6. The van der Waals surface area contributed by atoms with Crippen molar-refractivity contribution in [2.75, 3.05) is 5.32 Å². The van der Waals surface area contributed by atoms with Crippen LogP contribution in [0.15, 0.2) is 66.6 Å². The van der Waals surface area contributed by atoms with Gasteiger partial charge in [-0.05, 0) is 30.7 Å². The third-order valence-corrected chi connectivity index (χ3v) is 4.32. The highest BCUT2D eigenvalue weighted by Crippen LogP contribution is 2.17. The van der Waals surface area contributed by atoms with Crippen LogP contribution >= 0.6 is 0 Å². The van der Waals surface area contributed by atoms with E-state index in [1.165, 1.54) is 18.3 Å². The minimum atomic E-state index is -0.455. The van der Waals surface area contributed by atoms with Crippen molar-refractivity contribution < 1.29 is 14.0 Å². The Bertz CT molecular complexity index is 1120. The second-order valence-corrected chi connectivity index (χ2v) is 6.27.